The summed E-state index contributed by atoms with van der Waals surface area (Å²) in [5, 5.41) is 0. The van der Waals surface area contributed by atoms with E-state index in [4.69, 9.17) is 9.47 Å². The zero-order valence-electron chi connectivity index (χ0n) is 11.1. The van der Waals surface area contributed by atoms with E-state index in [0.29, 0.717) is 6.61 Å². The average molecular weight is 268 g/mol. The largest absolute Gasteiger partial charge is 0.490 e. The normalized spacial score (nSPS) is 9.80. The fourth-order valence-electron chi connectivity index (χ4n) is 1.76. The van der Waals surface area contributed by atoms with E-state index in [9.17, 15) is 4.79 Å². The Morgan fingerprint density at radius 1 is 1.00 bits per heavy atom. The van der Waals surface area contributed by atoms with Crippen LogP contribution in [-0.2, 0) is 9.53 Å². The molecule has 2 aromatic carbocycles. The lowest BCUT2D eigenvalue weighted by Crippen LogP contribution is -2.10. The molecule has 0 spiro atoms. The van der Waals surface area contributed by atoms with E-state index in [0.717, 1.165) is 23.0 Å². The van der Waals surface area contributed by atoms with Crippen LogP contribution in [0.15, 0.2) is 67.3 Å². The van der Waals surface area contributed by atoms with Gasteiger partial charge in [-0.1, -0.05) is 49.0 Å². The molecule has 0 saturated carbocycles. The molecule has 3 nitrogen and oxygen atoms in total. The second-order valence-electron chi connectivity index (χ2n) is 4.11. The highest BCUT2D eigenvalue weighted by Crippen LogP contribution is 2.23. The van der Waals surface area contributed by atoms with Crippen molar-refractivity contribution in [3.8, 4) is 16.9 Å². The van der Waals surface area contributed by atoms with Gasteiger partial charge in [0.2, 0.25) is 0 Å². The molecule has 0 radical (unpaired) electrons. The SMILES string of the molecule is C=CC(=O)OCCOc1cccc(-c2ccccc2)c1. The molecule has 0 N–H and O–H groups in total. The van der Waals surface area contributed by atoms with Crippen molar-refractivity contribution in [3.63, 3.8) is 0 Å². The zero-order chi connectivity index (χ0) is 14.2. The summed E-state index contributed by atoms with van der Waals surface area (Å²) in [5.74, 6) is 0.313. The van der Waals surface area contributed by atoms with Gasteiger partial charge in [0.1, 0.15) is 19.0 Å². The Kier molecular flexibility index (Phi) is 4.95. The molecule has 0 fully saturated rings. The summed E-state index contributed by atoms with van der Waals surface area (Å²) in [4.78, 5) is 10.9. The lowest BCUT2D eigenvalue weighted by molar-refractivity contribution is -0.138. The molecule has 0 atom stereocenters. The molecule has 0 unspecified atom stereocenters. The minimum Gasteiger partial charge on any atom is -0.490 e. The number of carbonyl (C=O) groups is 1. The van der Waals surface area contributed by atoms with E-state index in [1.807, 2.05) is 54.6 Å². The van der Waals surface area contributed by atoms with E-state index in [2.05, 4.69) is 6.58 Å². The predicted octanol–water partition coefficient (Wildman–Crippen LogP) is 3.46. The highest BCUT2D eigenvalue weighted by molar-refractivity contribution is 5.81. The number of hydrogen-bond donors (Lipinski definition) is 0. The van der Waals surface area contributed by atoms with Crippen LogP contribution >= 0.6 is 0 Å². The van der Waals surface area contributed by atoms with Gasteiger partial charge < -0.3 is 9.47 Å². The highest BCUT2D eigenvalue weighted by atomic mass is 16.6. The van der Waals surface area contributed by atoms with Crippen LogP contribution in [0.25, 0.3) is 11.1 Å². The Labute approximate surface area is 118 Å². The first-order valence-electron chi connectivity index (χ1n) is 6.37. The molecule has 20 heavy (non-hydrogen) atoms. The van der Waals surface area contributed by atoms with Gasteiger partial charge in [0.25, 0.3) is 0 Å². The fraction of sp³-hybridized carbons (Fsp3) is 0.118. The number of rotatable bonds is 6. The number of carbonyl (C=O) groups excluding carboxylic acids is 1. The van der Waals surface area contributed by atoms with Crippen molar-refractivity contribution in [3.05, 3.63) is 67.3 Å². The Morgan fingerprint density at radius 3 is 2.50 bits per heavy atom. The van der Waals surface area contributed by atoms with Gasteiger partial charge in [0.05, 0.1) is 0 Å². The third kappa shape index (κ3) is 3.99. The van der Waals surface area contributed by atoms with E-state index in [-0.39, 0.29) is 6.61 Å². The third-order valence-electron chi connectivity index (χ3n) is 2.70. The summed E-state index contributed by atoms with van der Waals surface area (Å²) in [6, 6.07) is 17.9. The molecule has 0 aliphatic carbocycles. The maximum Gasteiger partial charge on any atom is 0.330 e. The van der Waals surface area contributed by atoms with Crippen molar-refractivity contribution < 1.29 is 14.3 Å². The van der Waals surface area contributed by atoms with Gasteiger partial charge in [-0.05, 0) is 23.3 Å². The summed E-state index contributed by atoms with van der Waals surface area (Å²) in [5.41, 5.74) is 2.22. The molecule has 0 bridgehead atoms. The summed E-state index contributed by atoms with van der Waals surface area (Å²) < 4.78 is 10.4. The van der Waals surface area contributed by atoms with Crippen molar-refractivity contribution in [2.75, 3.05) is 13.2 Å². The van der Waals surface area contributed by atoms with Gasteiger partial charge >= 0.3 is 5.97 Å². The van der Waals surface area contributed by atoms with E-state index in [1.54, 1.807) is 0 Å². The van der Waals surface area contributed by atoms with Gasteiger partial charge in [0.15, 0.2) is 0 Å². The van der Waals surface area contributed by atoms with Crippen LogP contribution in [0.3, 0.4) is 0 Å². The molecule has 0 heterocycles. The Morgan fingerprint density at radius 2 is 1.75 bits per heavy atom. The van der Waals surface area contributed by atoms with Crippen LogP contribution in [0.1, 0.15) is 0 Å². The molecule has 0 aromatic heterocycles. The minimum atomic E-state index is -0.438. The standard InChI is InChI=1S/C17H16O3/c1-2-17(18)20-12-11-19-16-10-6-9-15(13-16)14-7-4-3-5-8-14/h2-10,13H,1,11-12H2. The van der Waals surface area contributed by atoms with E-state index >= 15 is 0 Å². The van der Waals surface area contributed by atoms with Gasteiger partial charge in [0, 0.05) is 6.08 Å². The maximum atomic E-state index is 10.9. The monoisotopic (exact) mass is 268 g/mol. The lowest BCUT2D eigenvalue weighted by atomic mass is 10.1. The van der Waals surface area contributed by atoms with Crippen molar-refractivity contribution in [1.82, 2.24) is 0 Å². The van der Waals surface area contributed by atoms with Crippen LogP contribution in [0.2, 0.25) is 0 Å². The van der Waals surface area contributed by atoms with Crippen LogP contribution in [-0.4, -0.2) is 19.2 Å². The summed E-state index contributed by atoms with van der Waals surface area (Å²) in [6.07, 6.45) is 1.13. The zero-order valence-corrected chi connectivity index (χ0v) is 11.1. The molecular weight excluding hydrogens is 252 g/mol. The molecule has 2 aromatic rings. The minimum absolute atomic E-state index is 0.209. The number of ether oxygens (including phenoxy) is 2. The third-order valence-corrected chi connectivity index (χ3v) is 2.70. The fourth-order valence-corrected chi connectivity index (χ4v) is 1.76. The van der Waals surface area contributed by atoms with Crippen molar-refractivity contribution in [2.45, 2.75) is 0 Å². The Bertz CT molecular complexity index is 576. The molecule has 0 saturated heterocycles. The molecule has 0 aliphatic rings. The highest BCUT2D eigenvalue weighted by Gasteiger charge is 2.00. The quantitative estimate of drug-likeness (QED) is 0.457. The topological polar surface area (TPSA) is 35.5 Å². The summed E-state index contributed by atoms with van der Waals surface area (Å²) >= 11 is 0. The van der Waals surface area contributed by atoms with Gasteiger partial charge in [-0.25, -0.2) is 4.79 Å². The Hall–Kier alpha value is -2.55. The molecular formula is C17H16O3. The molecule has 0 amide bonds. The smallest absolute Gasteiger partial charge is 0.330 e. The van der Waals surface area contributed by atoms with Gasteiger partial charge in [-0.3, -0.25) is 0 Å². The first kappa shape index (κ1) is 13.9. The summed E-state index contributed by atoms with van der Waals surface area (Å²) in [7, 11) is 0. The maximum absolute atomic E-state index is 10.9. The number of hydrogen-bond acceptors (Lipinski definition) is 3. The number of esters is 1. The van der Waals surface area contributed by atoms with Crippen molar-refractivity contribution in [1.29, 1.82) is 0 Å². The molecule has 0 aliphatic heterocycles. The first-order valence-corrected chi connectivity index (χ1v) is 6.37. The predicted molar refractivity (Wildman–Crippen MR) is 78.5 cm³/mol. The first-order chi connectivity index (χ1) is 9.79. The molecule has 3 heteroatoms. The lowest BCUT2D eigenvalue weighted by Gasteiger charge is -2.08. The molecule has 102 valence electrons. The van der Waals surface area contributed by atoms with Crippen LogP contribution in [0, 0.1) is 0 Å². The Balaban J connectivity index is 1.93. The summed E-state index contributed by atoms with van der Waals surface area (Å²) in [6.45, 7) is 3.85. The second kappa shape index (κ2) is 7.14. The van der Waals surface area contributed by atoms with Gasteiger partial charge in [-0.15, -0.1) is 0 Å². The van der Waals surface area contributed by atoms with Gasteiger partial charge in [-0.2, -0.15) is 0 Å². The van der Waals surface area contributed by atoms with Crippen LogP contribution < -0.4 is 4.74 Å². The van der Waals surface area contributed by atoms with Crippen molar-refractivity contribution >= 4 is 5.97 Å². The van der Waals surface area contributed by atoms with Crippen LogP contribution in [0.5, 0.6) is 5.75 Å². The van der Waals surface area contributed by atoms with Crippen LogP contribution in [0.4, 0.5) is 0 Å². The second-order valence-corrected chi connectivity index (χ2v) is 4.11. The average Bonchev–Trinajstić information content (AvgIpc) is 2.52. The number of benzene rings is 2. The van der Waals surface area contributed by atoms with E-state index < -0.39 is 5.97 Å². The van der Waals surface area contributed by atoms with E-state index in [1.165, 1.54) is 0 Å². The van der Waals surface area contributed by atoms with Crippen molar-refractivity contribution in [2.24, 2.45) is 0 Å². The molecule has 2 rings (SSSR count).